The molecule has 0 bridgehead atoms. The first-order valence-electron chi connectivity index (χ1n) is 11.5. The molecule has 0 amide bonds. The molecule has 8 nitrogen and oxygen atoms in total. The molecule has 4 atom stereocenters. The molecule has 1 saturated carbocycles. The standard InChI is InChI=1S/C24H31ClN6O2/c1-23(2)32-18-17(31-11-9-15-20(26)28-13-29-22(15)31)12-24(3,19(18)33-23)10-5-4-6-14-7-8-16(25)21(27)30-14/h7-9,11,13,17-19H,4-6,10,12H2,1-3H3,(H2,27,30)(H2,26,28,29)/t17-,18+,19+,24+/m1/s1. The second kappa shape index (κ2) is 8.11. The summed E-state index contributed by atoms with van der Waals surface area (Å²) >= 11 is 5.99. The molecular formula is C24H31ClN6O2. The van der Waals surface area contributed by atoms with Crippen molar-refractivity contribution in [2.75, 3.05) is 11.5 Å². The van der Waals surface area contributed by atoms with Crippen molar-refractivity contribution in [1.29, 1.82) is 0 Å². The van der Waals surface area contributed by atoms with Crippen LogP contribution in [0.2, 0.25) is 5.02 Å². The number of ether oxygens (including phenoxy) is 2. The van der Waals surface area contributed by atoms with E-state index >= 15 is 0 Å². The lowest BCUT2D eigenvalue weighted by Gasteiger charge is -2.32. The third-order valence-corrected chi connectivity index (χ3v) is 7.45. The molecule has 0 spiro atoms. The number of anilines is 2. The number of nitrogens with two attached hydrogens (primary N) is 2. The van der Waals surface area contributed by atoms with Crippen LogP contribution in [-0.2, 0) is 15.9 Å². The zero-order chi connectivity index (χ0) is 23.4. The molecule has 33 heavy (non-hydrogen) atoms. The van der Waals surface area contributed by atoms with Crippen molar-refractivity contribution in [3.63, 3.8) is 0 Å². The van der Waals surface area contributed by atoms with Crippen molar-refractivity contribution in [3.8, 4) is 0 Å². The van der Waals surface area contributed by atoms with Gasteiger partial charge in [0.15, 0.2) is 5.79 Å². The Morgan fingerprint density at radius 1 is 1.09 bits per heavy atom. The summed E-state index contributed by atoms with van der Waals surface area (Å²) in [5.41, 5.74) is 13.7. The monoisotopic (exact) mass is 470 g/mol. The van der Waals surface area contributed by atoms with Crippen LogP contribution in [0.15, 0.2) is 30.7 Å². The molecule has 3 aromatic heterocycles. The Kier molecular flexibility index (Phi) is 5.50. The molecule has 0 radical (unpaired) electrons. The van der Waals surface area contributed by atoms with Crippen LogP contribution in [0.3, 0.4) is 0 Å². The van der Waals surface area contributed by atoms with Gasteiger partial charge >= 0.3 is 0 Å². The normalized spacial score (nSPS) is 28.4. The number of rotatable bonds is 6. The summed E-state index contributed by atoms with van der Waals surface area (Å²) in [4.78, 5) is 13.0. The van der Waals surface area contributed by atoms with Gasteiger partial charge in [-0.25, -0.2) is 15.0 Å². The number of aromatic nitrogens is 4. The predicted molar refractivity (Wildman–Crippen MR) is 129 cm³/mol. The third kappa shape index (κ3) is 4.05. The minimum absolute atomic E-state index is 0.0124. The molecule has 0 unspecified atom stereocenters. The van der Waals surface area contributed by atoms with E-state index in [0.29, 0.717) is 16.7 Å². The van der Waals surface area contributed by atoms with E-state index in [4.69, 9.17) is 32.5 Å². The Hall–Kier alpha value is -2.42. The number of hydrogen-bond acceptors (Lipinski definition) is 7. The largest absolute Gasteiger partial charge is 0.383 e. The Morgan fingerprint density at radius 3 is 2.70 bits per heavy atom. The van der Waals surface area contributed by atoms with Crippen LogP contribution in [-0.4, -0.2) is 37.5 Å². The van der Waals surface area contributed by atoms with Crippen molar-refractivity contribution in [1.82, 2.24) is 19.5 Å². The van der Waals surface area contributed by atoms with Crippen LogP contribution in [0, 0.1) is 5.41 Å². The van der Waals surface area contributed by atoms with Crippen molar-refractivity contribution in [2.24, 2.45) is 5.41 Å². The summed E-state index contributed by atoms with van der Waals surface area (Å²) < 4.78 is 15.1. The minimum atomic E-state index is -0.614. The van der Waals surface area contributed by atoms with Crippen LogP contribution in [0.4, 0.5) is 11.6 Å². The Balaban J connectivity index is 1.33. The summed E-state index contributed by atoms with van der Waals surface area (Å²) in [6, 6.07) is 5.87. The van der Waals surface area contributed by atoms with Gasteiger partial charge in [-0.1, -0.05) is 24.9 Å². The van der Waals surface area contributed by atoms with Crippen molar-refractivity contribution >= 4 is 34.3 Å². The van der Waals surface area contributed by atoms with E-state index < -0.39 is 5.79 Å². The van der Waals surface area contributed by atoms with E-state index in [1.54, 1.807) is 0 Å². The number of halogens is 1. The van der Waals surface area contributed by atoms with Crippen LogP contribution in [0.5, 0.6) is 0 Å². The highest BCUT2D eigenvalue weighted by Gasteiger charge is 2.59. The lowest BCUT2D eigenvalue weighted by molar-refractivity contribution is -0.168. The molecule has 2 aliphatic rings. The number of nitrogen functional groups attached to an aromatic ring is 2. The lowest BCUT2D eigenvalue weighted by Crippen LogP contribution is -2.33. The van der Waals surface area contributed by atoms with Crippen LogP contribution in [0.1, 0.15) is 58.2 Å². The van der Waals surface area contributed by atoms with Gasteiger partial charge in [-0.05, 0) is 63.1 Å². The molecule has 0 aromatic carbocycles. The number of hydrogen-bond donors (Lipinski definition) is 2. The van der Waals surface area contributed by atoms with E-state index in [-0.39, 0.29) is 23.7 Å². The maximum atomic E-state index is 6.46. The molecule has 3 aromatic rings. The molecule has 1 saturated heterocycles. The van der Waals surface area contributed by atoms with Gasteiger partial charge in [-0.2, -0.15) is 0 Å². The lowest BCUT2D eigenvalue weighted by atomic mass is 9.80. The number of nitrogens with zero attached hydrogens (tertiary/aromatic N) is 4. The molecule has 4 heterocycles. The molecule has 9 heteroatoms. The second-order valence-electron chi connectivity index (χ2n) is 10.0. The molecule has 4 N–H and O–H groups in total. The highest BCUT2D eigenvalue weighted by molar-refractivity contribution is 6.32. The van der Waals surface area contributed by atoms with Crippen molar-refractivity contribution in [3.05, 3.63) is 41.4 Å². The minimum Gasteiger partial charge on any atom is -0.383 e. The van der Waals surface area contributed by atoms with Crippen molar-refractivity contribution < 1.29 is 9.47 Å². The molecule has 176 valence electrons. The van der Waals surface area contributed by atoms with E-state index in [1.807, 2.05) is 32.0 Å². The van der Waals surface area contributed by atoms with Crippen LogP contribution >= 0.6 is 11.6 Å². The first-order valence-corrected chi connectivity index (χ1v) is 11.9. The molecule has 1 aliphatic heterocycles. The Bertz CT molecular complexity index is 1180. The Morgan fingerprint density at radius 2 is 1.91 bits per heavy atom. The number of fused-ring (bicyclic) bond motifs is 2. The summed E-state index contributed by atoms with van der Waals surface area (Å²) in [6.45, 7) is 6.31. The first kappa shape index (κ1) is 22.4. The summed E-state index contributed by atoms with van der Waals surface area (Å²) in [7, 11) is 0. The van der Waals surface area contributed by atoms with E-state index in [0.717, 1.165) is 48.8 Å². The highest BCUT2D eigenvalue weighted by atomic mass is 35.5. The van der Waals surface area contributed by atoms with Crippen molar-refractivity contribution in [2.45, 2.75) is 76.9 Å². The highest BCUT2D eigenvalue weighted by Crippen LogP contribution is 2.55. The van der Waals surface area contributed by atoms with Crippen LogP contribution < -0.4 is 11.5 Å². The summed E-state index contributed by atoms with van der Waals surface area (Å²) in [5.74, 6) is 0.276. The van der Waals surface area contributed by atoms with Crippen LogP contribution in [0.25, 0.3) is 11.0 Å². The zero-order valence-electron chi connectivity index (χ0n) is 19.3. The van der Waals surface area contributed by atoms with Gasteiger partial charge in [0.1, 0.15) is 29.7 Å². The maximum Gasteiger partial charge on any atom is 0.163 e. The maximum absolute atomic E-state index is 6.46. The van der Waals surface area contributed by atoms with Gasteiger partial charge in [-0.3, -0.25) is 0 Å². The molecule has 2 fully saturated rings. The fourth-order valence-electron chi connectivity index (χ4n) is 5.55. The van der Waals surface area contributed by atoms with E-state index in [1.165, 1.54) is 6.33 Å². The number of pyridine rings is 1. The Labute approximate surface area is 198 Å². The molecule has 5 rings (SSSR count). The third-order valence-electron chi connectivity index (χ3n) is 7.13. The van der Waals surface area contributed by atoms with Gasteiger partial charge in [0.05, 0.1) is 22.6 Å². The molecule has 1 aliphatic carbocycles. The average molecular weight is 471 g/mol. The fourth-order valence-corrected chi connectivity index (χ4v) is 5.66. The summed E-state index contributed by atoms with van der Waals surface area (Å²) in [5, 5.41) is 1.37. The number of unbranched alkanes of at least 4 members (excludes halogenated alkanes) is 1. The van der Waals surface area contributed by atoms with Gasteiger partial charge < -0.3 is 25.5 Å². The molecular weight excluding hydrogens is 440 g/mol. The zero-order valence-corrected chi connectivity index (χ0v) is 20.0. The average Bonchev–Trinajstić information content (AvgIpc) is 3.40. The quantitative estimate of drug-likeness (QED) is 0.508. The van der Waals surface area contributed by atoms with Gasteiger partial charge in [0.25, 0.3) is 0 Å². The number of aryl methyl sites for hydroxylation is 1. The van der Waals surface area contributed by atoms with E-state index in [2.05, 4.69) is 32.6 Å². The first-order chi connectivity index (χ1) is 15.7. The van der Waals surface area contributed by atoms with Gasteiger partial charge in [0, 0.05) is 11.9 Å². The fraction of sp³-hybridized carbons (Fsp3) is 0.542. The second-order valence-corrected chi connectivity index (χ2v) is 10.4. The smallest absolute Gasteiger partial charge is 0.163 e. The topological polar surface area (TPSA) is 114 Å². The SMILES string of the molecule is CC1(C)O[C@H]2[C@H](n3ccc4c(N)ncnc43)C[C@](C)(CCCCc3ccc(Cl)c(N)n3)[C@H]2O1. The van der Waals surface area contributed by atoms with Gasteiger partial charge in [-0.15, -0.1) is 0 Å². The summed E-state index contributed by atoms with van der Waals surface area (Å²) in [6.07, 6.45) is 8.46. The van der Waals surface area contributed by atoms with E-state index in [9.17, 15) is 0 Å². The predicted octanol–water partition coefficient (Wildman–Crippen LogP) is 4.53. The van der Waals surface area contributed by atoms with Gasteiger partial charge in [0.2, 0.25) is 0 Å².